The molecule has 2 rings (SSSR count). The molecule has 18 heavy (non-hydrogen) atoms. The Labute approximate surface area is 108 Å². The molecule has 1 heterocycles. The fourth-order valence-electron chi connectivity index (χ4n) is 2.22. The molecule has 2 unspecified atom stereocenters. The van der Waals surface area contributed by atoms with Gasteiger partial charge in [0.2, 0.25) is 0 Å². The summed E-state index contributed by atoms with van der Waals surface area (Å²) in [6, 6.07) is 3.84. The zero-order chi connectivity index (χ0) is 13.0. The first-order valence-electron chi connectivity index (χ1n) is 6.70. The second-order valence-corrected chi connectivity index (χ2v) is 5.08. The van der Waals surface area contributed by atoms with Crippen molar-refractivity contribution in [3.05, 3.63) is 18.3 Å². The van der Waals surface area contributed by atoms with Gasteiger partial charge in [-0.3, -0.25) is 0 Å². The summed E-state index contributed by atoms with van der Waals surface area (Å²) < 4.78 is 11.6. The Bertz CT molecular complexity index is 382. The van der Waals surface area contributed by atoms with E-state index in [1.54, 1.807) is 6.20 Å². The van der Waals surface area contributed by atoms with Gasteiger partial charge < -0.3 is 15.2 Å². The SMILES string of the molecule is CC(C)Oc1cccnc1OC1CCCCC1N. The van der Waals surface area contributed by atoms with Crippen molar-refractivity contribution in [1.29, 1.82) is 0 Å². The van der Waals surface area contributed by atoms with E-state index in [2.05, 4.69) is 4.98 Å². The number of pyridine rings is 1. The highest BCUT2D eigenvalue weighted by atomic mass is 16.5. The standard InChI is InChI=1S/C14H22N2O2/c1-10(2)17-13-8-5-9-16-14(13)18-12-7-4-3-6-11(12)15/h5,8-12H,3-4,6-7,15H2,1-2H3. The van der Waals surface area contributed by atoms with Crippen LogP contribution in [0.3, 0.4) is 0 Å². The number of ether oxygens (including phenoxy) is 2. The van der Waals surface area contributed by atoms with Crippen LogP contribution in [-0.2, 0) is 0 Å². The first kappa shape index (κ1) is 13.1. The van der Waals surface area contributed by atoms with Crippen molar-refractivity contribution in [2.45, 2.75) is 57.8 Å². The fourth-order valence-corrected chi connectivity index (χ4v) is 2.22. The van der Waals surface area contributed by atoms with Crippen molar-refractivity contribution < 1.29 is 9.47 Å². The van der Waals surface area contributed by atoms with Crippen molar-refractivity contribution in [1.82, 2.24) is 4.98 Å². The number of nitrogens with two attached hydrogens (primary N) is 1. The molecule has 0 saturated heterocycles. The lowest BCUT2D eigenvalue weighted by atomic mass is 9.93. The largest absolute Gasteiger partial charge is 0.485 e. The van der Waals surface area contributed by atoms with E-state index in [1.807, 2.05) is 26.0 Å². The van der Waals surface area contributed by atoms with Crippen LogP contribution in [0.5, 0.6) is 11.6 Å². The Balaban J connectivity index is 2.07. The maximum atomic E-state index is 6.08. The van der Waals surface area contributed by atoms with Crippen LogP contribution in [-0.4, -0.2) is 23.2 Å². The van der Waals surface area contributed by atoms with E-state index in [9.17, 15) is 0 Å². The van der Waals surface area contributed by atoms with Gasteiger partial charge in [-0.15, -0.1) is 0 Å². The molecule has 1 aromatic heterocycles. The average Bonchev–Trinajstić information content (AvgIpc) is 2.34. The van der Waals surface area contributed by atoms with E-state index in [4.69, 9.17) is 15.2 Å². The van der Waals surface area contributed by atoms with Crippen LogP contribution in [0.1, 0.15) is 39.5 Å². The minimum Gasteiger partial charge on any atom is -0.485 e. The number of aromatic nitrogens is 1. The minimum atomic E-state index is 0.0585. The monoisotopic (exact) mass is 250 g/mol. The molecule has 0 bridgehead atoms. The van der Waals surface area contributed by atoms with Gasteiger partial charge in [0, 0.05) is 12.2 Å². The van der Waals surface area contributed by atoms with Crippen LogP contribution in [0.4, 0.5) is 0 Å². The van der Waals surface area contributed by atoms with Gasteiger partial charge in [-0.25, -0.2) is 4.98 Å². The Morgan fingerprint density at radius 2 is 2.11 bits per heavy atom. The average molecular weight is 250 g/mol. The van der Waals surface area contributed by atoms with Crippen molar-refractivity contribution in [2.75, 3.05) is 0 Å². The molecule has 1 aliphatic rings. The van der Waals surface area contributed by atoms with Crippen LogP contribution in [0.25, 0.3) is 0 Å². The van der Waals surface area contributed by atoms with Gasteiger partial charge in [0.1, 0.15) is 6.10 Å². The predicted molar refractivity (Wildman–Crippen MR) is 70.9 cm³/mol. The Hall–Kier alpha value is -1.29. The molecule has 1 saturated carbocycles. The maximum Gasteiger partial charge on any atom is 0.257 e. The van der Waals surface area contributed by atoms with Crippen molar-refractivity contribution >= 4 is 0 Å². The molecule has 2 N–H and O–H groups in total. The van der Waals surface area contributed by atoms with E-state index in [-0.39, 0.29) is 18.2 Å². The number of hydrogen-bond acceptors (Lipinski definition) is 4. The molecule has 0 spiro atoms. The lowest BCUT2D eigenvalue weighted by molar-refractivity contribution is 0.117. The molecule has 2 atom stereocenters. The Morgan fingerprint density at radius 1 is 1.33 bits per heavy atom. The fraction of sp³-hybridized carbons (Fsp3) is 0.643. The van der Waals surface area contributed by atoms with Gasteiger partial charge in [0.25, 0.3) is 5.88 Å². The van der Waals surface area contributed by atoms with Crippen LogP contribution in [0.15, 0.2) is 18.3 Å². The summed E-state index contributed by atoms with van der Waals surface area (Å²) in [5.74, 6) is 1.26. The molecule has 0 aromatic carbocycles. The summed E-state index contributed by atoms with van der Waals surface area (Å²) in [4.78, 5) is 4.26. The third kappa shape index (κ3) is 3.35. The van der Waals surface area contributed by atoms with Crippen LogP contribution in [0.2, 0.25) is 0 Å². The van der Waals surface area contributed by atoms with Crippen molar-refractivity contribution in [2.24, 2.45) is 5.73 Å². The van der Waals surface area contributed by atoms with E-state index < -0.39 is 0 Å². The predicted octanol–water partition coefficient (Wildman–Crippen LogP) is 2.52. The number of nitrogens with zero attached hydrogens (tertiary/aromatic N) is 1. The topological polar surface area (TPSA) is 57.4 Å². The number of hydrogen-bond donors (Lipinski definition) is 1. The molecule has 1 aromatic rings. The first-order valence-corrected chi connectivity index (χ1v) is 6.70. The lowest BCUT2D eigenvalue weighted by Gasteiger charge is -2.29. The van der Waals surface area contributed by atoms with E-state index in [0.717, 1.165) is 12.8 Å². The van der Waals surface area contributed by atoms with Gasteiger partial charge in [-0.05, 0) is 45.2 Å². The molecule has 0 amide bonds. The summed E-state index contributed by atoms with van der Waals surface area (Å²) in [6.07, 6.45) is 6.28. The van der Waals surface area contributed by atoms with Crippen molar-refractivity contribution in [3.8, 4) is 11.6 Å². The molecular weight excluding hydrogens is 228 g/mol. The quantitative estimate of drug-likeness (QED) is 0.892. The third-order valence-corrected chi connectivity index (χ3v) is 3.12. The van der Waals surface area contributed by atoms with Crippen molar-refractivity contribution in [3.63, 3.8) is 0 Å². The summed E-state index contributed by atoms with van der Waals surface area (Å²) >= 11 is 0. The van der Waals surface area contributed by atoms with Gasteiger partial charge in [0.05, 0.1) is 6.10 Å². The van der Waals surface area contributed by atoms with E-state index in [1.165, 1.54) is 12.8 Å². The molecule has 0 radical (unpaired) electrons. The molecule has 100 valence electrons. The minimum absolute atomic E-state index is 0.0585. The maximum absolute atomic E-state index is 6.08. The summed E-state index contributed by atoms with van der Waals surface area (Å²) in [6.45, 7) is 3.98. The van der Waals surface area contributed by atoms with Gasteiger partial charge in [0.15, 0.2) is 5.75 Å². The van der Waals surface area contributed by atoms with Gasteiger partial charge >= 0.3 is 0 Å². The van der Waals surface area contributed by atoms with E-state index >= 15 is 0 Å². The number of rotatable bonds is 4. The smallest absolute Gasteiger partial charge is 0.257 e. The summed E-state index contributed by atoms with van der Waals surface area (Å²) in [5, 5.41) is 0. The molecular formula is C14H22N2O2. The lowest BCUT2D eigenvalue weighted by Crippen LogP contribution is -2.41. The molecule has 1 fully saturated rings. The second-order valence-electron chi connectivity index (χ2n) is 5.08. The molecule has 0 aliphatic heterocycles. The van der Waals surface area contributed by atoms with E-state index in [0.29, 0.717) is 11.6 Å². The molecule has 1 aliphatic carbocycles. The molecule has 4 heteroatoms. The second kappa shape index (κ2) is 6.05. The normalized spacial score (nSPS) is 24.0. The highest BCUT2D eigenvalue weighted by Gasteiger charge is 2.25. The summed E-state index contributed by atoms with van der Waals surface area (Å²) in [7, 11) is 0. The third-order valence-electron chi connectivity index (χ3n) is 3.12. The van der Waals surface area contributed by atoms with Crippen LogP contribution < -0.4 is 15.2 Å². The van der Waals surface area contributed by atoms with Crippen LogP contribution in [0, 0.1) is 0 Å². The van der Waals surface area contributed by atoms with Gasteiger partial charge in [-0.2, -0.15) is 0 Å². The molecule has 4 nitrogen and oxygen atoms in total. The van der Waals surface area contributed by atoms with Crippen LogP contribution >= 0.6 is 0 Å². The Morgan fingerprint density at radius 3 is 2.83 bits per heavy atom. The first-order chi connectivity index (χ1) is 8.66. The van der Waals surface area contributed by atoms with Gasteiger partial charge in [-0.1, -0.05) is 6.42 Å². The zero-order valence-electron chi connectivity index (χ0n) is 11.1. The highest BCUT2D eigenvalue weighted by molar-refractivity contribution is 5.33. The zero-order valence-corrected chi connectivity index (χ0v) is 11.1. The summed E-state index contributed by atoms with van der Waals surface area (Å²) in [5.41, 5.74) is 6.08. The highest BCUT2D eigenvalue weighted by Crippen LogP contribution is 2.29. The Kier molecular flexibility index (Phi) is 4.42.